The van der Waals surface area contributed by atoms with Crippen molar-refractivity contribution in [3.05, 3.63) is 41.7 Å². The van der Waals surface area contributed by atoms with Gasteiger partial charge in [0.2, 0.25) is 0 Å². The maximum absolute atomic E-state index is 10.3. The molecule has 2 fully saturated rings. The summed E-state index contributed by atoms with van der Waals surface area (Å²) in [6.45, 7) is 0. The zero-order valence-corrected chi connectivity index (χ0v) is 12.7. The molecule has 110 valence electrons. The number of hydrogen-bond acceptors (Lipinski definition) is 4. The molecule has 2 aliphatic rings. The molecule has 0 amide bonds. The van der Waals surface area contributed by atoms with E-state index >= 15 is 0 Å². The van der Waals surface area contributed by atoms with Crippen LogP contribution in [0, 0.1) is 0 Å². The van der Waals surface area contributed by atoms with E-state index in [1.54, 1.807) is 11.8 Å². The fourth-order valence-corrected chi connectivity index (χ4v) is 3.59. The third-order valence-corrected chi connectivity index (χ3v) is 5.12. The fraction of sp³-hybridized carbons (Fsp3) is 0.500. The van der Waals surface area contributed by atoms with E-state index in [9.17, 15) is 5.11 Å². The van der Waals surface area contributed by atoms with Gasteiger partial charge in [0.1, 0.15) is 5.82 Å². The predicted molar refractivity (Wildman–Crippen MR) is 82.4 cm³/mol. The van der Waals surface area contributed by atoms with Crippen LogP contribution in [0.1, 0.15) is 55.1 Å². The number of nitrogens with zero attached hydrogens (tertiary/aromatic N) is 3. The minimum atomic E-state index is -0.454. The van der Waals surface area contributed by atoms with Crippen LogP contribution in [0.5, 0.6) is 0 Å². The van der Waals surface area contributed by atoms with Crippen molar-refractivity contribution in [2.24, 2.45) is 0 Å². The molecule has 4 rings (SSSR count). The van der Waals surface area contributed by atoms with Gasteiger partial charge in [-0.05, 0) is 31.2 Å². The second-order valence-electron chi connectivity index (χ2n) is 5.95. The van der Waals surface area contributed by atoms with Crippen LogP contribution in [-0.2, 0) is 0 Å². The van der Waals surface area contributed by atoms with Crippen LogP contribution in [0.2, 0.25) is 0 Å². The van der Waals surface area contributed by atoms with Crippen LogP contribution < -0.4 is 0 Å². The standard InChI is InChI=1S/C16H19N3OS/c20-14(11-4-2-1-3-5-11)10-21-16-18-17-15(12-6-7-12)19(16)13-8-9-13/h1-5,12-14,20H,6-10H2. The van der Waals surface area contributed by atoms with Crippen molar-refractivity contribution in [3.63, 3.8) is 0 Å². The maximum Gasteiger partial charge on any atom is 0.191 e. The largest absolute Gasteiger partial charge is 0.388 e. The lowest BCUT2D eigenvalue weighted by molar-refractivity contribution is 0.204. The first-order valence-electron chi connectivity index (χ1n) is 7.63. The number of benzene rings is 1. The van der Waals surface area contributed by atoms with E-state index in [0.717, 1.165) is 10.7 Å². The monoisotopic (exact) mass is 301 g/mol. The summed E-state index contributed by atoms with van der Waals surface area (Å²) in [5.74, 6) is 2.43. The summed E-state index contributed by atoms with van der Waals surface area (Å²) in [5.41, 5.74) is 0.963. The smallest absolute Gasteiger partial charge is 0.191 e. The van der Waals surface area contributed by atoms with Gasteiger partial charge in [-0.3, -0.25) is 0 Å². The number of thioether (sulfide) groups is 1. The molecule has 0 radical (unpaired) electrons. The summed E-state index contributed by atoms with van der Waals surface area (Å²) in [4.78, 5) is 0. The highest BCUT2D eigenvalue weighted by Crippen LogP contribution is 2.46. The van der Waals surface area contributed by atoms with E-state index < -0.39 is 6.10 Å². The van der Waals surface area contributed by atoms with Gasteiger partial charge in [0, 0.05) is 17.7 Å². The molecule has 1 unspecified atom stereocenters. The second kappa shape index (κ2) is 5.46. The van der Waals surface area contributed by atoms with Crippen LogP contribution >= 0.6 is 11.8 Å². The van der Waals surface area contributed by atoms with Crippen LogP contribution in [0.15, 0.2) is 35.5 Å². The Morgan fingerprint density at radius 3 is 2.57 bits per heavy atom. The molecule has 4 nitrogen and oxygen atoms in total. The Morgan fingerprint density at radius 2 is 1.90 bits per heavy atom. The highest BCUT2D eigenvalue weighted by molar-refractivity contribution is 7.99. The number of aliphatic hydroxyl groups excluding tert-OH is 1. The van der Waals surface area contributed by atoms with Crippen molar-refractivity contribution in [1.29, 1.82) is 0 Å². The Hall–Kier alpha value is -1.33. The molecule has 0 aliphatic heterocycles. The molecule has 1 aromatic heterocycles. The zero-order chi connectivity index (χ0) is 14.2. The fourth-order valence-electron chi connectivity index (χ4n) is 2.61. The predicted octanol–water partition coefficient (Wildman–Crippen LogP) is 3.32. The van der Waals surface area contributed by atoms with E-state index in [0.29, 0.717) is 17.7 Å². The average Bonchev–Trinajstić information content (AvgIpc) is 3.44. The molecular weight excluding hydrogens is 282 g/mol. The average molecular weight is 301 g/mol. The summed E-state index contributed by atoms with van der Waals surface area (Å²) < 4.78 is 2.33. The summed E-state index contributed by atoms with van der Waals surface area (Å²) >= 11 is 1.62. The Balaban J connectivity index is 1.47. The first-order chi connectivity index (χ1) is 10.3. The van der Waals surface area contributed by atoms with Gasteiger partial charge in [0.15, 0.2) is 5.16 Å². The molecule has 21 heavy (non-hydrogen) atoms. The number of aromatic nitrogens is 3. The number of aliphatic hydroxyl groups is 1. The summed E-state index contributed by atoms with van der Waals surface area (Å²) in [6.07, 6.45) is 4.54. The third kappa shape index (κ3) is 2.85. The van der Waals surface area contributed by atoms with Gasteiger partial charge in [0.25, 0.3) is 0 Å². The molecule has 0 spiro atoms. The van der Waals surface area contributed by atoms with Crippen LogP contribution in [0.3, 0.4) is 0 Å². The molecule has 1 aromatic carbocycles. The van der Waals surface area contributed by atoms with Crippen molar-refractivity contribution >= 4 is 11.8 Å². The van der Waals surface area contributed by atoms with Crippen molar-refractivity contribution in [1.82, 2.24) is 14.8 Å². The van der Waals surface area contributed by atoms with Gasteiger partial charge in [-0.25, -0.2) is 0 Å². The van der Waals surface area contributed by atoms with Gasteiger partial charge in [-0.1, -0.05) is 42.1 Å². The molecule has 5 heteroatoms. The lowest BCUT2D eigenvalue weighted by Gasteiger charge is -2.11. The van der Waals surface area contributed by atoms with E-state index in [-0.39, 0.29) is 0 Å². The quantitative estimate of drug-likeness (QED) is 0.832. The Kier molecular flexibility index (Phi) is 3.47. The third-order valence-electron chi connectivity index (χ3n) is 4.10. The van der Waals surface area contributed by atoms with Crippen molar-refractivity contribution in [3.8, 4) is 0 Å². The van der Waals surface area contributed by atoms with Crippen molar-refractivity contribution in [2.45, 2.75) is 48.9 Å². The second-order valence-corrected chi connectivity index (χ2v) is 6.94. The maximum atomic E-state index is 10.3. The lowest BCUT2D eigenvalue weighted by atomic mass is 10.1. The highest BCUT2D eigenvalue weighted by atomic mass is 32.2. The van der Waals surface area contributed by atoms with E-state index in [1.807, 2.05) is 30.3 Å². The number of hydrogen-bond donors (Lipinski definition) is 1. The van der Waals surface area contributed by atoms with Gasteiger partial charge < -0.3 is 9.67 Å². The Morgan fingerprint density at radius 1 is 1.14 bits per heavy atom. The molecule has 1 heterocycles. The highest BCUT2D eigenvalue weighted by Gasteiger charge is 2.36. The minimum Gasteiger partial charge on any atom is -0.388 e. The van der Waals surface area contributed by atoms with Gasteiger partial charge in [-0.2, -0.15) is 0 Å². The van der Waals surface area contributed by atoms with E-state index in [2.05, 4.69) is 14.8 Å². The molecular formula is C16H19N3OS. The van der Waals surface area contributed by atoms with Crippen molar-refractivity contribution in [2.75, 3.05) is 5.75 Å². The molecule has 2 aromatic rings. The van der Waals surface area contributed by atoms with Crippen molar-refractivity contribution < 1.29 is 5.11 Å². The summed E-state index contributed by atoms with van der Waals surface area (Å²) in [5, 5.41) is 20.0. The molecule has 0 saturated heterocycles. The topological polar surface area (TPSA) is 50.9 Å². The zero-order valence-electron chi connectivity index (χ0n) is 11.9. The molecule has 0 bridgehead atoms. The summed E-state index contributed by atoms with van der Waals surface area (Å²) in [6, 6.07) is 10.4. The van der Waals surface area contributed by atoms with E-state index in [1.165, 1.54) is 31.5 Å². The van der Waals surface area contributed by atoms with Crippen LogP contribution in [0.4, 0.5) is 0 Å². The molecule has 2 aliphatic carbocycles. The van der Waals surface area contributed by atoms with Crippen LogP contribution in [-0.4, -0.2) is 25.6 Å². The van der Waals surface area contributed by atoms with Crippen LogP contribution in [0.25, 0.3) is 0 Å². The first-order valence-corrected chi connectivity index (χ1v) is 8.62. The molecule has 1 N–H and O–H groups in total. The van der Waals surface area contributed by atoms with Gasteiger partial charge in [0.05, 0.1) is 6.10 Å². The number of rotatable bonds is 6. The van der Waals surface area contributed by atoms with Gasteiger partial charge in [-0.15, -0.1) is 10.2 Å². The first kappa shape index (κ1) is 13.3. The normalized spacial score (nSPS) is 19.7. The van der Waals surface area contributed by atoms with Gasteiger partial charge >= 0.3 is 0 Å². The molecule has 2 saturated carbocycles. The summed E-state index contributed by atoms with van der Waals surface area (Å²) in [7, 11) is 0. The Bertz CT molecular complexity index is 620. The molecule has 1 atom stereocenters. The SMILES string of the molecule is OC(CSc1nnc(C2CC2)n1C1CC1)c1ccccc1. The lowest BCUT2D eigenvalue weighted by Crippen LogP contribution is -2.04. The van der Waals surface area contributed by atoms with E-state index in [4.69, 9.17) is 0 Å². The Labute approximate surface area is 128 Å². The minimum absolute atomic E-state index is 0.454.